The lowest BCUT2D eigenvalue weighted by atomic mass is 10.2. The number of hydrogen-bond acceptors (Lipinski definition) is 4. The molecule has 66 valence electrons. The molecule has 0 unspecified atom stereocenters. The molecule has 0 aliphatic carbocycles. The van der Waals surface area contributed by atoms with Crippen LogP contribution in [0.15, 0.2) is 27.4 Å². The van der Waals surface area contributed by atoms with Gasteiger partial charge in [-0.3, -0.25) is 0 Å². The number of pyridine rings is 1. The summed E-state index contributed by atoms with van der Waals surface area (Å²) >= 11 is 0. The van der Waals surface area contributed by atoms with Crippen LogP contribution in [0.2, 0.25) is 0 Å². The second-order valence-electron chi connectivity index (χ2n) is 2.77. The molecule has 0 fully saturated rings. The molecule has 4 nitrogen and oxygen atoms in total. The van der Waals surface area contributed by atoms with Crippen LogP contribution in [0.5, 0.6) is 5.88 Å². The minimum Gasteiger partial charge on any atom is -0.493 e. The van der Waals surface area contributed by atoms with Gasteiger partial charge in [-0.2, -0.15) is 4.98 Å². The molecule has 13 heavy (non-hydrogen) atoms. The van der Waals surface area contributed by atoms with Crippen LogP contribution in [0, 0.1) is 6.92 Å². The largest absolute Gasteiger partial charge is 0.493 e. The molecule has 2 aromatic heterocycles. The van der Waals surface area contributed by atoms with Gasteiger partial charge in [0.25, 0.3) is 0 Å². The zero-order chi connectivity index (χ0) is 9.42. The molecule has 0 saturated carbocycles. The molecule has 4 heteroatoms. The van der Waals surface area contributed by atoms with E-state index in [1.165, 1.54) is 12.1 Å². The van der Waals surface area contributed by atoms with Crippen LogP contribution in [0.3, 0.4) is 0 Å². The molecular formula is C9H7NO3. The van der Waals surface area contributed by atoms with Crippen molar-refractivity contribution in [1.82, 2.24) is 4.98 Å². The maximum absolute atomic E-state index is 10.8. The number of rotatable bonds is 0. The van der Waals surface area contributed by atoms with Gasteiger partial charge in [-0.1, -0.05) is 0 Å². The SMILES string of the molecule is Cc1cc(O)nc2oc(=O)ccc12. The quantitative estimate of drug-likeness (QED) is 0.656. The summed E-state index contributed by atoms with van der Waals surface area (Å²) in [7, 11) is 0. The van der Waals surface area contributed by atoms with E-state index in [-0.39, 0.29) is 11.6 Å². The van der Waals surface area contributed by atoms with Crippen molar-refractivity contribution >= 4 is 11.1 Å². The molecule has 0 atom stereocenters. The zero-order valence-electron chi connectivity index (χ0n) is 6.94. The Labute approximate surface area is 73.5 Å². The Hall–Kier alpha value is -1.84. The molecule has 0 radical (unpaired) electrons. The second-order valence-corrected chi connectivity index (χ2v) is 2.77. The van der Waals surface area contributed by atoms with E-state index in [1.807, 2.05) is 6.92 Å². The average Bonchev–Trinajstić information content (AvgIpc) is 2.02. The highest BCUT2D eigenvalue weighted by Gasteiger charge is 2.03. The predicted molar refractivity (Wildman–Crippen MR) is 46.7 cm³/mol. The molecule has 0 amide bonds. The van der Waals surface area contributed by atoms with Gasteiger partial charge in [-0.25, -0.2) is 4.79 Å². The maximum Gasteiger partial charge on any atom is 0.337 e. The van der Waals surface area contributed by atoms with Crippen molar-refractivity contribution in [1.29, 1.82) is 0 Å². The first-order chi connectivity index (χ1) is 6.16. The lowest BCUT2D eigenvalue weighted by Crippen LogP contribution is -1.96. The van der Waals surface area contributed by atoms with Crippen LogP contribution in [0.1, 0.15) is 5.56 Å². The van der Waals surface area contributed by atoms with Crippen LogP contribution in [0.25, 0.3) is 11.1 Å². The fraction of sp³-hybridized carbons (Fsp3) is 0.111. The fourth-order valence-corrected chi connectivity index (χ4v) is 1.20. The second kappa shape index (κ2) is 2.58. The van der Waals surface area contributed by atoms with Crippen molar-refractivity contribution in [2.45, 2.75) is 6.92 Å². The summed E-state index contributed by atoms with van der Waals surface area (Å²) in [5.41, 5.74) is 0.529. The third-order valence-corrected chi connectivity index (χ3v) is 1.80. The monoisotopic (exact) mass is 177 g/mol. The smallest absolute Gasteiger partial charge is 0.337 e. The van der Waals surface area contributed by atoms with Crippen LogP contribution in [-0.2, 0) is 0 Å². The third kappa shape index (κ3) is 1.26. The average molecular weight is 177 g/mol. The van der Waals surface area contributed by atoms with Crippen molar-refractivity contribution in [3.05, 3.63) is 34.2 Å². The Morgan fingerprint density at radius 3 is 3.00 bits per heavy atom. The number of aryl methyl sites for hydroxylation is 1. The van der Waals surface area contributed by atoms with E-state index < -0.39 is 5.63 Å². The highest BCUT2D eigenvalue weighted by molar-refractivity contribution is 5.77. The van der Waals surface area contributed by atoms with Crippen LogP contribution in [-0.4, -0.2) is 10.1 Å². The molecule has 0 spiro atoms. The van der Waals surface area contributed by atoms with Crippen molar-refractivity contribution in [2.75, 3.05) is 0 Å². The van der Waals surface area contributed by atoms with Gasteiger partial charge in [0, 0.05) is 17.5 Å². The standard InChI is InChI=1S/C9H7NO3/c1-5-4-7(11)10-9-6(5)2-3-8(12)13-9/h2-4H,1H3,(H,10,11). The topological polar surface area (TPSA) is 63.3 Å². The van der Waals surface area contributed by atoms with Gasteiger partial charge >= 0.3 is 5.63 Å². The molecular weight excluding hydrogens is 170 g/mol. The molecule has 0 aliphatic rings. The number of aromatic nitrogens is 1. The Kier molecular flexibility index (Phi) is 1.55. The molecule has 0 aliphatic heterocycles. The molecule has 2 heterocycles. The van der Waals surface area contributed by atoms with E-state index in [0.29, 0.717) is 0 Å². The van der Waals surface area contributed by atoms with Crippen molar-refractivity contribution in [3.63, 3.8) is 0 Å². The normalized spacial score (nSPS) is 10.5. The van der Waals surface area contributed by atoms with Gasteiger partial charge in [-0.05, 0) is 18.6 Å². The first-order valence-corrected chi connectivity index (χ1v) is 3.77. The molecule has 0 aromatic carbocycles. The van der Waals surface area contributed by atoms with Gasteiger partial charge in [0.05, 0.1) is 0 Å². The summed E-state index contributed by atoms with van der Waals surface area (Å²) in [5, 5.41) is 9.86. The first kappa shape index (κ1) is 7.79. The van der Waals surface area contributed by atoms with Gasteiger partial charge in [0.15, 0.2) is 0 Å². The zero-order valence-corrected chi connectivity index (χ0v) is 6.94. The summed E-state index contributed by atoms with van der Waals surface area (Å²) in [4.78, 5) is 14.5. The first-order valence-electron chi connectivity index (χ1n) is 3.77. The van der Waals surface area contributed by atoms with E-state index in [4.69, 9.17) is 9.52 Å². The van der Waals surface area contributed by atoms with Gasteiger partial charge in [0.1, 0.15) is 0 Å². The lowest BCUT2D eigenvalue weighted by Gasteiger charge is -1.99. The molecule has 1 N–H and O–H groups in total. The van der Waals surface area contributed by atoms with E-state index >= 15 is 0 Å². The minimum atomic E-state index is -0.468. The molecule has 0 saturated heterocycles. The summed E-state index contributed by atoms with van der Waals surface area (Å²) in [5.74, 6) is -0.139. The Morgan fingerprint density at radius 2 is 2.23 bits per heavy atom. The predicted octanol–water partition coefficient (Wildman–Crippen LogP) is 1.20. The van der Waals surface area contributed by atoms with E-state index in [1.54, 1.807) is 6.07 Å². The number of aromatic hydroxyl groups is 1. The highest BCUT2D eigenvalue weighted by atomic mass is 16.4. The Morgan fingerprint density at radius 1 is 1.46 bits per heavy atom. The highest BCUT2D eigenvalue weighted by Crippen LogP contribution is 2.18. The number of fused-ring (bicyclic) bond motifs is 1. The van der Waals surface area contributed by atoms with Gasteiger partial charge in [0.2, 0.25) is 11.6 Å². The van der Waals surface area contributed by atoms with Crippen LogP contribution in [0.4, 0.5) is 0 Å². The van der Waals surface area contributed by atoms with Crippen LogP contribution < -0.4 is 5.63 Å². The number of nitrogens with zero attached hydrogens (tertiary/aromatic N) is 1. The Bertz CT molecular complexity index is 516. The summed E-state index contributed by atoms with van der Waals surface area (Å²) < 4.78 is 4.80. The summed E-state index contributed by atoms with van der Waals surface area (Å²) in [6, 6.07) is 4.47. The summed E-state index contributed by atoms with van der Waals surface area (Å²) in [6.45, 7) is 1.81. The summed E-state index contributed by atoms with van der Waals surface area (Å²) in [6.07, 6.45) is 0. The van der Waals surface area contributed by atoms with E-state index in [2.05, 4.69) is 4.98 Å². The molecule has 0 bridgehead atoms. The minimum absolute atomic E-state index is 0.139. The lowest BCUT2D eigenvalue weighted by molar-refractivity contribution is 0.447. The van der Waals surface area contributed by atoms with Crippen molar-refractivity contribution < 1.29 is 9.52 Å². The maximum atomic E-state index is 10.8. The van der Waals surface area contributed by atoms with Gasteiger partial charge in [-0.15, -0.1) is 0 Å². The number of hydrogen-bond donors (Lipinski definition) is 1. The van der Waals surface area contributed by atoms with Crippen molar-refractivity contribution in [2.24, 2.45) is 0 Å². The van der Waals surface area contributed by atoms with Crippen molar-refractivity contribution in [3.8, 4) is 5.88 Å². The van der Waals surface area contributed by atoms with E-state index in [9.17, 15) is 4.79 Å². The van der Waals surface area contributed by atoms with Gasteiger partial charge < -0.3 is 9.52 Å². The fourth-order valence-electron chi connectivity index (χ4n) is 1.20. The van der Waals surface area contributed by atoms with E-state index in [0.717, 1.165) is 10.9 Å². The molecule has 2 aromatic rings. The molecule has 2 rings (SSSR count). The Balaban J connectivity index is 2.94. The van der Waals surface area contributed by atoms with Crippen LogP contribution >= 0.6 is 0 Å². The third-order valence-electron chi connectivity index (χ3n) is 1.80.